The minimum atomic E-state index is -0.312. The zero-order chi connectivity index (χ0) is 13.4. The first-order valence-electron chi connectivity index (χ1n) is 6.33. The lowest BCUT2D eigenvalue weighted by Crippen LogP contribution is -2.32. The van der Waals surface area contributed by atoms with Crippen LogP contribution in [-0.4, -0.2) is 11.9 Å². The third-order valence-corrected chi connectivity index (χ3v) is 5.14. The second kappa shape index (κ2) is 5.10. The third-order valence-electron chi connectivity index (χ3n) is 3.49. The maximum Gasteiger partial charge on any atom is 0.263 e. The number of thiophene rings is 1. The number of benzene rings is 1. The lowest BCUT2D eigenvalue weighted by Gasteiger charge is -2.10. The van der Waals surface area contributed by atoms with Crippen molar-refractivity contribution in [2.45, 2.75) is 31.7 Å². The Morgan fingerprint density at radius 2 is 2.11 bits per heavy atom. The van der Waals surface area contributed by atoms with Crippen LogP contribution in [0.4, 0.5) is 4.39 Å². The molecule has 0 radical (unpaired) electrons. The molecule has 1 N–H and O–H groups in total. The molecule has 1 aromatic heterocycles. The molecule has 1 aliphatic carbocycles. The predicted molar refractivity (Wildman–Crippen MR) is 76.5 cm³/mol. The van der Waals surface area contributed by atoms with E-state index in [9.17, 15) is 9.18 Å². The molecule has 3 rings (SSSR count). The average Bonchev–Trinajstić information content (AvgIpc) is 2.97. The zero-order valence-corrected chi connectivity index (χ0v) is 11.8. The standard InChI is InChI=1S/C14H13ClFNOS/c15-12-10-6-5-8(16)7-11(10)19-13(12)14(18)17-9-3-1-2-4-9/h5-7,9H,1-4H2,(H,17,18). The summed E-state index contributed by atoms with van der Waals surface area (Å²) in [5.74, 6) is -0.452. The van der Waals surface area contributed by atoms with Crippen molar-refractivity contribution < 1.29 is 9.18 Å². The van der Waals surface area contributed by atoms with Gasteiger partial charge in [-0.05, 0) is 31.0 Å². The maximum atomic E-state index is 13.2. The third kappa shape index (κ3) is 2.47. The van der Waals surface area contributed by atoms with Gasteiger partial charge in [0.05, 0.1) is 5.02 Å². The molecule has 2 aromatic rings. The summed E-state index contributed by atoms with van der Waals surface area (Å²) in [6.07, 6.45) is 4.39. The summed E-state index contributed by atoms with van der Waals surface area (Å²) < 4.78 is 13.9. The number of nitrogens with one attached hydrogen (secondary N) is 1. The van der Waals surface area contributed by atoms with Crippen molar-refractivity contribution in [1.82, 2.24) is 5.32 Å². The van der Waals surface area contributed by atoms with Crippen molar-refractivity contribution in [1.29, 1.82) is 0 Å². The lowest BCUT2D eigenvalue weighted by molar-refractivity contribution is 0.0942. The van der Waals surface area contributed by atoms with Crippen LogP contribution in [0.3, 0.4) is 0 Å². The van der Waals surface area contributed by atoms with Gasteiger partial charge < -0.3 is 5.32 Å². The van der Waals surface area contributed by atoms with E-state index in [-0.39, 0.29) is 17.8 Å². The van der Waals surface area contributed by atoms with Gasteiger partial charge in [-0.25, -0.2) is 4.39 Å². The van der Waals surface area contributed by atoms with Crippen LogP contribution in [0.5, 0.6) is 0 Å². The topological polar surface area (TPSA) is 29.1 Å². The second-order valence-corrected chi connectivity index (χ2v) is 6.27. The molecule has 1 fully saturated rings. The first-order chi connectivity index (χ1) is 9.15. The number of fused-ring (bicyclic) bond motifs is 1. The Bertz CT molecular complexity index is 634. The number of carbonyl (C=O) groups is 1. The molecular weight excluding hydrogens is 285 g/mol. The smallest absolute Gasteiger partial charge is 0.263 e. The Labute approximate surface area is 119 Å². The summed E-state index contributed by atoms with van der Waals surface area (Å²) in [7, 11) is 0. The Morgan fingerprint density at radius 3 is 2.84 bits per heavy atom. The van der Waals surface area contributed by atoms with Crippen LogP contribution in [0.15, 0.2) is 18.2 Å². The molecule has 1 aromatic carbocycles. The summed E-state index contributed by atoms with van der Waals surface area (Å²) in [4.78, 5) is 12.7. The molecule has 1 heterocycles. The fourth-order valence-corrected chi connectivity index (χ4v) is 3.95. The maximum absolute atomic E-state index is 13.2. The highest BCUT2D eigenvalue weighted by Crippen LogP contribution is 2.35. The Hall–Kier alpha value is -1.13. The van der Waals surface area contributed by atoms with Crippen LogP contribution in [0.25, 0.3) is 10.1 Å². The van der Waals surface area contributed by atoms with E-state index in [1.54, 1.807) is 6.07 Å². The lowest BCUT2D eigenvalue weighted by atomic mass is 10.2. The molecule has 1 amide bonds. The fraction of sp³-hybridized carbons (Fsp3) is 0.357. The van der Waals surface area contributed by atoms with Crippen molar-refractivity contribution in [3.63, 3.8) is 0 Å². The normalized spacial score (nSPS) is 16.1. The van der Waals surface area contributed by atoms with Gasteiger partial charge >= 0.3 is 0 Å². The molecule has 0 spiro atoms. The van der Waals surface area contributed by atoms with Crippen LogP contribution in [0, 0.1) is 5.82 Å². The summed E-state index contributed by atoms with van der Waals surface area (Å²) in [6, 6.07) is 4.65. The molecule has 1 aliphatic rings. The highest BCUT2D eigenvalue weighted by Gasteiger charge is 2.22. The zero-order valence-electron chi connectivity index (χ0n) is 10.2. The minimum absolute atomic E-state index is 0.140. The molecule has 0 unspecified atom stereocenters. The minimum Gasteiger partial charge on any atom is -0.349 e. The molecule has 0 atom stereocenters. The van der Waals surface area contributed by atoms with Crippen LogP contribution >= 0.6 is 22.9 Å². The molecular formula is C14H13ClFNOS. The summed E-state index contributed by atoms with van der Waals surface area (Å²) in [5.41, 5.74) is 0. The van der Waals surface area contributed by atoms with Gasteiger partial charge in [-0.1, -0.05) is 24.4 Å². The monoisotopic (exact) mass is 297 g/mol. The van der Waals surface area contributed by atoms with Crippen LogP contribution in [0.1, 0.15) is 35.4 Å². The van der Waals surface area contributed by atoms with Gasteiger partial charge in [0, 0.05) is 16.1 Å². The van der Waals surface area contributed by atoms with E-state index in [1.807, 2.05) is 0 Å². The Morgan fingerprint density at radius 1 is 1.37 bits per heavy atom. The van der Waals surface area contributed by atoms with Gasteiger partial charge in [-0.2, -0.15) is 0 Å². The van der Waals surface area contributed by atoms with E-state index in [2.05, 4.69) is 5.32 Å². The van der Waals surface area contributed by atoms with E-state index in [1.165, 1.54) is 23.5 Å². The van der Waals surface area contributed by atoms with Crippen molar-refractivity contribution >= 4 is 38.9 Å². The van der Waals surface area contributed by atoms with Crippen LogP contribution in [0.2, 0.25) is 5.02 Å². The number of hydrogen-bond acceptors (Lipinski definition) is 2. The van der Waals surface area contributed by atoms with E-state index < -0.39 is 0 Å². The van der Waals surface area contributed by atoms with Gasteiger partial charge in [0.1, 0.15) is 10.7 Å². The fourth-order valence-electron chi connectivity index (χ4n) is 2.51. The summed E-state index contributed by atoms with van der Waals surface area (Å²) in [6.45, 7) is 0. The molecule has 1 saturated carbocycles. The van der Waals surface area contributed by atoms with Gasteiger partial charge in [0.15, 0.2) is 0 Å². The summed E-state index contributed by atoms with van der Waals surface area (Å²) >= 11 is 7.46. The second-order valence-electron chi connectivity index (χ2n) is 4.84. The molecule has 0 aliphatic heterocycles. The number of halogens is 2. The largest absolute Gasteiger partial charge is 0.349 e. The van der Waals surface area contributed by atoms with Gasteiger partial charge in [0.2, 0.25) is 0 Å². The SMILES string of the molecule is O=C(NC1CCCC1)c1sc2cc(F)ccc2c1Cl. The highest BCUT2D eigenvalue weighted by atomic mass is 35.5. The summed E-state index contributed by atoms with van der Waals surface area (Å²) in [5, 5.41) is 4.17. The van der Waals surface area contributed by atoms with Gasteiger partial charge in [-0.15, -0.1) is 11.3 Å². The Kier molecular flexibility index (Phi) is 3.46. The number of amides is 1. The van der Waals surface area contributed by atoms with Crippen molar-refractivity contribution in [2.75, 3.05) is 0 Å². The number of rotatable bonds is 2. The molecule has 5 heteroatoms. The number of carbonyl (C=O) groups excluding carboxylic acids is 1. The van der Waals surface area contributed by atoms with Crippen molar-refractivity contribution in [3.8, 4) is 0 Å². The molecule has 0 bridgehead atoms. The highest BCUT2D eigenvalue weighted by molar-refractivity contribution is 7.21. The van der Waals surface area contributed by atoms with Crippen molar-refractivity contribution in [2.24, 2.45) is 0 Å². The predicted octanol–water partition coefficient (Wildman–Crippen LogP) is 4.37. The first kappa shape index (κ1) is 12.9. The Balaban J connectivity index is 1.91. The van der Waals surface area contributed by atoms with E-state index in [4.69, 9.17) is 11.6 Å². The van der Waals surface area contributed by atoms with Gasteiger partial charge in [-0.3, -0.25) is 4.79 Å². The van der Waals surface area contributed by atoms with Crippen molar-refractivity contribution in [3.05, 3.63) is 33.9 Å². The quantitative estimate of drug-likeness (QED) is 0.876. The average molecular weight is 298 g/mol. The van der Waals surface area contributed by atoms with Crippen LogP contribution < -0.4 is 5.32 Å². The van der Waals surface area contributed by atoms with E-state index in [0.717, 1.165) is 31.1 Å². The van der Waals surface area contributed by atoms with E-state index in [0.29, 0.717) is 14.6 Å². The van der Waals surface area contributed by atoms with Crippen LogP contribution in [-0.2, 0) is 0 Å². The number of hydrogen-bond donors (Lipinski definition) is 1. The molecule has 0 saturated heterocycles. The van der Waals surface area contributed by atoms with Gasteiger partial charge in [0.25, 0.3) is 5.91 Å². The first-order valence-corrected chi connectivity index (χ1v) is 7.53. The van der Waals surface area contributed by atoms with E-state index >= 15 is 0 Å². The molecule has 2 nitrogen and oxygen atoms in total. The molecule has 19 heavy (non-hydrogen) atoms. The molecule has 100 valence electrons.